The number of aryl methyl sites for hydroxylation is 1. The number of fused-ring (bicyclic) bond motifs is 1. The van der Waals surface area contributed by atoms with Gasteiger partial charge in [0.05, 0.1) is 16.9 Å². The number of pyridine rings is 1. The number of nitrogens with zero attached hydrogens (tertiary/aromatic N) is 3. The number of nitrogens with one attached hydrogen (secondary N) is 2. The fourth-order valence-electron chi connectivity index (χ4n) is 3.71. The monoisotopic (exact) mass is 467 g/mol. The van der Waals surface area contributed by atoms with Gasteiger partial charge >= 0.3 is 6.18 Å². The van der Waals surface area contributed by atoms with Crippen LogP contribution in [0.1, 0.15) is 35.7 Å². The van der Waals surface area contributed by atoms with Gasteiger partial charge in [0, 0.05) is 23.8 Å². The highest BCUT2D eigenvalue weighted by Crippen LogP contribution is 2.34. The number of hydrogen-bond donors (Lipinski definition) is 2. The van der Waals surface area contributed by atoms with Crippen LogP contribution < -0.4 is 10.6 Å². The van der Waals surface area contributed by atoms with Gasteiger partial charge in [0.25, 0.3) is 5.91 Å². The maximum Gasteiger partial charge on any atom is 0.433 e. The molecule has 0 aliphatic rings. The molecule has 4 rings (SSSR count). The van der Waals surface area contributed by atoms with Crippen molar-refractivity contribution in [2.75, 3.05) is 10.6 Å². The van der Waals surface area contributed by atoms with E-state index in [2.05, 4.69) is 34.6 Å². The van der Waals surface area contributed by atoms with E-state index in [0.717, 1.165) is 18.2 Å². The Kier molecular flexibility index (Phi) is 6.28. The first kappa shape index (κ1) is 23.3. The number of anilines is 3. The molecule has 2 heterocycles. The average Bonchev–Trinajstić information content (AvgIpc) is 3.12. The minimum Gasteiger partial charge on any atom is -0.355 e. The molecular formula is C25H24F3N5O. The predicted octanol–water partition coefficient (Wildman–Crippen LogP) is 6.18. The molecule has 0 spiro atoms. The summed E-state index contributed by atoms with van der Waals surface area (Å²) in [5, 5.41) is 10.8. The molecule has 0 bridgehead atoms. The van der Waals surface area contributed by atoms with Crippen LogP contribution in [0, 0.1) is 5.92 Å². The molecule has 0 aliphatic carbocycles. The van der Waals surface area contributed by atoms with E-state index >= 15 is 0 Å². The Hall–Kier alpha value is -3.88. The Morgan fingerprint density at radius 1 is 1.03 bits per heavy atom. The van der Waals surface area contributed by atoms with Crippen molar-refractivity contribution in [3.05, 3.63) is 77.7 Å². The lowest BCUT2D eigenvalue weighted by atomic mass is 10.1. The van der Waals surface area contributed by atoms with E-state index in [-0.39, 0.29) is 17.1 Å². The van der Waals surface area contributed by atoms with Crippen molar-refractivity contribution >= 4 is 33.9 Å². The largest absolute Gasteiger partial charge is 0.433 e. The summed E-state index contributed by atoms with van der Waals surface area (Å²) in [6, 6.07) is 16.1. The zero-order chi connectivity index (χ0) is 24.5. The second kappa shape index (κ2) is 9.17. The van der Waals surface area contributed by atoms with Crippen LogP contribution in [0.25, 0.3) is 10.9 Å². The number of alkyl halides is 3. The van der Waals surface area contributed by atoms with Gasteiger partial charge in [0.2, 0.25) is 0 Å². The SMILES string of the molecule is CC(C)Cc1cc(C(=O)Nc2cccc(Nc3cc(C(F)(F)F)nc4ccccc34)c2)n(C)n1. The van der Waals surface area contributed by atoms with Crippen molar-refractivity contribution < 1.29 is 18.0 Å². The van der Waals surface area contributed by atoms with E-state index < -0.39 is 11.9 Å². The lowest BCUT2D eigenvalue weighted by Crippen LogP contribution is -2.16. The fourth-order valence-corrected chi connectivity index (χ4v) is 3.71. The van der Waals surface area contributed by atoms with Crippen LogP contribution in [0.5, 0.6) is 0 Å². The molecule has 176 valence electrons. The van der Waals surface area contributed by atoms with Gasteiger partial charge in [-0.15, -0.1) is 0 Å². The Bertz CT molecular complexity index is 1340. The number of rotatable bonds is 6. The average molecular weight is 467 g/mol. The summed E-state index contributed by atoms with van der Waals surface area (Å²) >= 11 is 0. The van der Waals surface area contributed by atoms with Gasteiger partial charge < -0.3 is 10.6 Å². The van der Waals surface area contributed by atoms with Crippen LogP contribution in [-0.2, 0) is 19.6 Å². The second-order valence-electron chi connectivity index (χ2n) is 8.47. The summed E-state index contributed by atoms with van der Waals surface area (Å²) < 4.78 is 41.6. The first-order valence-corrected chi connectivity index (χ1v) is 10.8. The summed E-state index contributed by atoms with van der Waals surface area (Å²) in [4.78, 5) is 16.5. The number of para-hydroxylation sites is 1. The molecule has 0 saturated carbocycles. The zero-order valence-corrected chi connectivity index (χ0v) is 18.9. The maximum absolute atomic E-state index is 13.4. The Balaban J connectivity index is 1.59. The number of hydrogen-bond acceptors (Lipinski definition) is 4. The Morgan fingerprint density at radius 2 is 1.76 bits per heavy atom. The minimum atomic E-state index is -4.58. The summed E-state index contributed by atoms with van der Waals surface area (Å²) in [7, 11) is 1.71. The molecule has 1 amide bonds. The highest BCUT2D eigenvalue weighted by Gasteiger charge is 2.33. The number of halogens is 3. The number of aromatic nitrogens is 3. The van der Waals surface area contributed by atoms with Crippen molar-refractivity contribution in [2.45, 2.75) is 26.4 Å². The highest BCUT2D eigenvalue weighted by molar-refractivity contribution is 6.03. The topological polar surface area (TPSA) is 71.8 Å². The summed E-state index contributed by atoms with van der Waals surface area (Å²) in [6.07, 6.45) is -3.81. The third-order valence-corrected chi connectivity index (χ3v) is 5.19. The molecule has 4 aromatic rings. The van der Waals surface area contributed by atoms with Crippen LogP contribution >= 0.6 is 0 Å². The van der Waals surface area contributed by atoms with E-state index in [1.165, 1.54) is 10.7 Å². The van der Waals surface area contributed by atoms with Crippen molar-refractivity contribution in [1.29, 1.82) is 0 Å². The van der Waals surface area contributed by atoms with Gasteiger partial charge in [-0.05, 0) is 48.7 Å². The first-order valence-electron chi connectivity index (χ1n) is 10.8. The Morgan fingerprint density at radius 3 is 2.50 bits per heavy atom. The number of benzene rings is 2. The van der Waals surface area contributed by atoms with E-state index in [1.54, 1.807) is 55.6 Å². The number of carbonyl (C=O) groups excluding carboxylic acids is 1. The minimum absolute atomic E-state index is 0.234. The molecular weight excluding hydrogens is 443 g/mol. The van der Waals surface area contributed by atoms with Crippen molar-refractivity contribution in [1.82, 2.24) is 14.8 Å². The van der Waals surface area contributed by atoms with Gasteiger partial charge in [0.15, 0.2) is 0 Å². The van der Waals surface area contributed by atoms with Crippen LogP contribution in [-0.4, -0.2) is 20.7 Å². The van der Waals surface area contributed by atoms with E-state index in [0.29, 0.717) is 28.4 Å². The number of carbonyl (C=O) groups is 1. The van der Waals surface area contributed by atoms with Crippen molar-refractivity contribution in [3.63, 3.8) is 0 Å². The second-order valence-corrected chi connectivity index (χ2v) is 8.47. The molecule has 0 radical (unpaired) electrons. The van der Waals surface area contributed by atoms with Crippen LogP contribution in [0.4, 0.5) is 30.2 Å². The van der Waals surface area contributed by atoms with Crippen molar-refractivity contribution in [2.24, 2.45) is 13.0 Å². The predicted molar refractivity (Wildman–Crippen MR) is 126 cm³/mol. The molecule has 34 heavy (non-hydrogen) atoms. The van der Waals surface area contributed by atoms with Gasteiger partial charge in [-0.25, -0.2) is 4.98 Å². The fraction of sp³-hybridized carbons (Fsp3) is 0.240. The molecule has 0 aliphatic heterocycles. The van der Waals surface area contributed by atoms with Crippen LogP contribution in [0.3, 0.4) is 0 Å². The molecule has 2 N–H and O–H groups in total. The molecule has 2 aromatic carbocycles. The third-order valence-electron chi connectivity index (χ3n) is 5.19. The van der Waals surface area contributed by atoms with Crippen molar-refractivity contribution in [3.8, 4) is 0 Å². The third kappa shape index (κ3) is 5.19. The number of amides is 1. The summed E-state index contributed by atoms with van der Waals surface area (Å²) in [5.74, 6) is 0.0894. The van der Waals surface area contributed by atoms with Crippen LogP contribution in [0.2, 0.25) is 0 Å². The smallest absolute Gasteiger partial charge is 0.355 e. The summed E-state index contributed by atoms with van der Waals surface area (Å²) in [6.45, 7) is 4.16. The standard InChI is InChI=1S/C25H24F3N5O/c1-15(2)11-18-13-22(33(3)32-18)24(34)30-17-8-6-7-16(12-17)29-21-14-23(25(26,27)28)31-20-10-5-4-9-19(20)21/h4-10,12-15H,11H2,1-3H3,(H,29,31)(H,30,34). The van der Waals surface area contributed by atoms with Crippen LogP contribution in [0.15, 0.2) is 60.7 Å². The molecule has 0 atom stereocenters. The highest BCUT2D eigenvalue weighted by atomic mass is 19.4. The van der Waals surface area contributed by atoms with Gasteiger partial charge in [-0.3, -0.25) is 9.48 Å². The van der Waals surface area contributed by atoms with Gasteiger partial charge in [-0.2, -0.15) is 18.3 Å². The van der Waals surface area contributed by atoms with Gasteiger partial charge in [0.1, 0.15) is 11.4 Å². The maximum atomic E-state index is 13.4. The molecule has 6 nitrogen and oxygen atoms in total. The van der Waals surface area contributed by atoms with E-state index in [4.69, 9.17) is 0 Å². The lowest BCUT2D eigenvalue weighted by Gasteiger charge is -2.14. The molecule has 0 unspecified atom stereocenters. The van der Waals surface area contributed by atoms with E-state index in [9.17, 15) is 18.0 Å². The summed E-state index contributed by atoms with van der Waals surface area (Å²) in [5.41, 5.74) is 1.80. The zero-order valence-electron chi connectivity index (χ0n) is 18.9. The molecule has 0 fully saturated rings. The first-order chi connectivity index (χ1) is 16.1. The molecule has 9 heteroatoms. The van der Waals surface area contributed by atoms with E-state index in [1.807, 2.05) is 0 Å². The quantitative estimate of drug-likeness (QED) is 0.355. The molecule has 0 saturated heterocycles. The van der Waals surface area contributed by atoms with Gasteiger partial charge in [-0.1, -0.05) is 38.1 Å². The molecule has 2 aromatic heterocycles. The normalized spacial score (nSPS) is 11.7. The lowest BCUT2D eigenvalue weighted by molar-refractivity contribution is -0.140. The Labute approximate surface area is 194 Å².